The highest BCUT2D eigenvalue weighted by Crippen LogP contribution is 2.50. The van der Waals surface area contributed by atoms with E-state index in [4.69, 9.17) is 9.97 Å². The molecule has 3 heterocycles. The second kappa shape index (κ2) is 11.4. The van der Waals surface area contributed by atoms with Gasteiger partial charge in [-0.3, -0.25) is 4.57 Å². The summed E-state index contributed by atoms with van der Waals surface area (Å²) in [6.45, 7) is 0. The summed E-state index contributed by atoms with van der Waals surface area (Å²) in [5, 5.41) is 8.61. The van der Waals surface area contributed by atoms with E-state index in [1.807, 2.05) is 0 Å². The largest absolute Gasteiger partial charge is 0.278 e. The Morgan fingerprint density at radius 1 is 0.537 bits per heavy atom. The lowest BCUT2D eigenvalue weighted by Crippen LogP contribution is -2.05. The molecule has 7 aromatic carbocycles. The summed E-state index contributed by atoms with van der Waals surface area (Å²) in [6, 6.07) is 53.3. The van der Waals surface area contributed by atoms with Gasteiger partial charge in [0.2, 0.25) is 5.95 Å². The zero-order chi connectivity index (χ0) is 35.3. The highest BCUT2D eigenvalue weighted by Gasteiger charge is 2.29. The van der Waals surface area contributed by atoms with E-state index in [2.05, 4.69) is 168 Å². The van der Waals surface area contributed by atoms with Gasteiger partial charge in [0.15, 0.2) is 0 Å². The molecule has 0 unspecified atom stereocenters. The smallest absolute Gasteiger partial charge is 0.235 e. The number of rotatable bonds is 4. The van der Waals surface area contributed by atoms with E-state index >= 15 is 0 Å². The molecule has 3 aromatic heterocycles. The Balaban J connectivity index is 1.25. The first-order valence-electron chi connectivity index (χ1n) is 18.7. The number of benzene rings is 7. The van der Waals surface area contributed by atoms with E-state index in [1.165, 1.54) is 81.4 Å². The average molecular weight is 706 g/mol. The molecule has 0 radical (unpaired) electrons. The van der Waals surface area contributed by atoms with Gasteiger partial charge in [0.25, 0.3) is 0 Å². The highest BCUT2D eigenvalue weighted by atomic mass is 32.1. The molecule has 10 aromatic rings. The molecule has 3 nitrogen and oxygen atoms in total. The minimum absolute atomic E-state index is 0.704. The quantitative estimate of drug-likeness (QED) is 0.182. The van der Waals surface area contributed by atoms with Crippen molar-refractivity contribution in [3.05, 3.63) is 192 Å². The number of fused-ring (bicyclic) bond motifs is 4. The van der Waals surface area contributed by atoms with Crippen LogP contribution in [-0.4, -0.2) is 14.5 Å². The molecule has 0 amide bonds. The van der Waals surface area contributed by atoms with Crippen molar-refractivity contribution < 1.29 is 0 Å². The molecule has 0 fully saturated rings. The Bertz CT molecular complexity index is 3320. The predicted octanol–water partition coefficient (Wildman–Crippen LogP) is 13.3. The molecule has 2 aliphatic rings. The maximum absolute atomic E-state index is 5.52. The number of hydrogen-bond acceptors (Lipinski definition) is 3. The molecule has 54 heavy (non-hydrogen) atoms. The Morgan fingerprint density at radius 3 is 2.17 bits per heavy atom. The molecule has 0 saturated heterocycles. The summed E-state index contributed by atoms with van der Waals surface area (Å²) < 4.78 is 4.70. The fourth-order valence-electron chi connectivity index (χ4n) is 9.04. The van der Waals surface area contributed by atoms with Crippen LogP contribution in [0.4, 0.5) is 0 Å². The Kier molecular flexibility index (Phi) is 6.33. The van der Waals surface area contributed by atoms with Crippen LogP contribution in [0, 0.1) is 0 Å². The van der Waals surface area contributed by atoms with Gasteiger partial charge in [-0.1, -0.05) is 140 Å². The van der Waals surface area contributed by atoms with Gasteiger partial charge < -0.3 is 0 Å². The number of hydrogen-bond donors (Lipinski definition) is 0. The Labute approximate surface area is 315 Å². The number of allylic oxidation sites excluding steroid dienone is 4. The third-order valence-electron chi connectivity index (χ3n) is 11.4. The van der Waals surface area contributed by atoms with Gasteiger partial charge in [0.05, 0.1) is 26.9 Å². The molecule has 252 valence electrons. The summed E-state index contributed by atoms with van der Waals surface area (Å²) >= 11 is 1.79. The molecule has 0 saturated carbocycles. The molecule has 4 heteroatoms. The van der Waals surface area contributed by atoms with E-state index < -0.39 is 0 Å². The molecule has 12 rings (SSSR count). The van der Waals surface area contributed by atoms with Crippen molar-refractivity contribution >= 4 is 91.7 Å². The van der Waals surface area contributed by atoms with Gasteiger partial charge in [0, 0.05) is 20.9 Å². The van der Waals surface area contributed by atoms with Crippen LogP contribution in [-0.2, 0) is 0 Å². The monoisotopic (exact) mass is 705 g/mol. The van der Waals surface area contributed by atoms with E-state index in [-0.39, 0.29) is 0 Å². The maximum Gasteiger partial charge on any atom is 0.235 e. The van der Waals surface area contributed by atoms with Gasteiger partial charge in [-0.2, -0.15) is 0 Å². The fraction of sp³-hybridized carbons (Fsp3) is 0.0400. The molecular formula is C50H31N3S. The fourth-order valence-corrected chi connectivity index (χ4v) is 10.2. The van der Waals surface area contributed by atoms with Crippen molar-refractivity contribution in [1.82, 2.24) is 14.5 Å². The second-order valence-electron chi connectivity index (χ2n) is 14.4. The molecule has 0 aliphatic heterocycles. The first-order chi connectivity index (χ1) is 26.8. The molecular weight excluding hydrogens is 675 g/mol. The number of thiophene rings is 1. The van der Waals surface area contributed by atoms with Crippen molar-refractivity contribution in [3.63, 3.8) is 0 Å². The second-order valence-corrected chi connectivity index (χ2v) is 15.4. The zero-order valence-corrected chi connectivity index (χ0v) is 30.1. The van der Waals surface area contributed by atoms with E-state index in [1.54, 1.807) is 11.3 Å². The minimum Gasteiger partial charge on any atom is -0.278 e. The molecule has 0 bridgehead atoms. The van der Waals surface area contributed by atoms with Crippen LogP contribution in [0.1, 0.15) is 40.8 Å². The van der Waals surface area contributed by atoms with Crippen molar-refractivity contribution in [2.24, 2.45) is 0 Å². The lowest BCUT2D eigenvalue weighted by atomic mass is 9.85. The summed E-state index contributed by atoms with van der Waals surface area (Å²) in [5.41, 5.74) is 12.8. The standard InChI is InChI=1S/C50H31N3S/c1-3-14-31(15-4-1)42-37-21-11-19-32-27-28-40-46(43(32)37)45-38(44(42)35-26-25-30-13-7-8-18-34(30)29-35)22-12-23-39(45)53(40)50-51-47(33-16-5-2-6-17-33)49-48(52-50)36-20-9-10-24-41(36)54-49/h1,3-5,7-29H,2,6H2. The number of aromatic nitrogens is 3. The minimum atomic E-state index is 0.704. The van der Waals surface area contributed by atoms with Crippen molar-refractivity contribution in [2.45, 2.75) is 12.8 Å². The first-order valence-corrected chi connectivity index (χ1v) is 19.5. The first kappa shape index (κ1) is 29.9. The summed E-state index contributed by atoms with van der Waals surface area (Å²) in [6.07, 6.45) is 8.92. The lowest BCUT2D eigenvalue weighted by Gasteiger charge is -2.19. The van der Waals surface area contributed by atoms with E-state index in [0.29, 0.717) is 5.95 Å². The van der Waals surface area contributed by atoms with Crippen molar-refractivity contribution in [2.75, 3.05) is 0 Å². The van der Waals surface area contributed by atoms with Crippen LogP contribution in [0.15, 0.2) is 164 Å². The molecule has 0 N–H and O–H groups in total. The number of nitrogens with zero attached hydrogens (tertiary/aromatic N) is 3. The Hall–Kier alpha value is -6.62. The van der Waals surface area contributed by atoms with E-state index in [0.717, 1.165) is 39.8 Å². The third-order valence-corrected chi connectivity index (χ3v) is 12.5. The normalized spacial score (nSPS) is 14.1. The lowest BCUT2D eigenvalue weighted by molar-refractivity contribution is 0.999. The maximum atomic E-state index is 5.52. The van der Waals surface area contributed by atoms with Crippen LogP contribution in [0.2, 0.25) is 0 Å². The highest BCUT2D eigenvalue weighted by molar-refractivity contribution is 7.26. The summed E-state index contributed by atoms with van der Waals surface area (Å²) in [5.74, 6) is 0.704. The van der Waals surface area contributed by atoms with Crippen LogP contribution in [0.3, 0.4) is 0 Å². The van der Waals surface area contributed by atoms with Gasteiger partial charge in [0.1, 0.15) is 0 Å². The van der Waals surface area contributed by atoms with Crippen LogP contribution in [0.25, 0.3) is 86.3 Å². The van der Waals surface area contributed by atoms with Gasteiger partial charge >= 0.3 is 0 Å². The summed E-state index contributed by atoms with van der Waals surface area (Å²) in [7, 11) is 0. The summed E-state index contributed by atoms with van der Waals surface area (Å²) in [4.78, 5) is 11.0. The van der Waals surface area contributed by atoms with E-state index in [9.17, 15) is 0 Å². The molecule has 2 aliphatic carbocycles. The van der Waals surface area contributed by atoms with Crippen LogP contribution in [0.5, 0.6) is 0 Å². The Morgan fingerprint density at radius 2 is 1.28 bits per heavy atom. The van der Waals surface area contributed by atoms with Crippen molar-refractivity contribution in [1.29, 1.82) is 0 Å². The van der Waals surface area contributed by atoms with Gasteiger partial charge in [-0.15, -0.1) is 11.3 Å². The third kappa shape index (κ3) is 4.23. The molecule has 0 atom stereocenters. The van der Waals surface area contributed by atoms with Crippen LogP contribution >= 0.6 is 11.3 Å². The predicted molar refractivity (Wildman–Crippen MR) is 229 cm³/mol. The van der Waals surface area contributed by atoms with Crippen molar-refractivity contribution in [3.8, 4) is 5.95 Å². The average Bonchev–Trinajstić information content (AvgIpc) is 3.74. The molecule has 0 spiro atoms. The van der Waals surface area contributed by atoms with Gasteiger partial charge in [-0.25, -0.2) is 9.97 Å². The zero-order valence-electron chi connectivity index (χ0n) is 29.3. The van der Waals surface area contributed by atoms with Crippen LogP contribution < -0.4 is 0 Å². The van der Waals surface area contributed by atoms with Gasteiger partial charge in [-0.05, 0) is 97.6 Å². The SMILES string of the molecule is C1=CC(c2nc(-n3c4cccc5c4c4c6c(cccc6ccc43)C(c3ccccc3)=C5c3ccc4ccccc4c3)nc3c2sc2ccccc23)=CCC1. The topological polar surface area (TPSA) is 30.7 Å².